The summed E-state index contributed by atoms with van der Waals surface area (Å²) in [5.74, 6) is 0. The van der Waals surface area contributed by atoms with Gasteiger partial charge in [0.1, 0.15) is 0 Å². The molecule has 1 aromatic carbocycles. The Balaban J connectivity index is 2.75. The molecule has 66 valence electrons. The van der Waals surface area contributed by atoms with Gasteiger partial charge in [-0.2, -0.15) is 0 Å². The number of anilines is 2. The van der Waals surface area contributed by atoms with Crippen molar-refractivity contribution in [2.45, 2.75) is 6.42 Å². The SMILES string of the molecule is COCCc1cc(N)ccc1N. The Hall–Kier alpha value is -1.22. The smallest absolute Gasteiger partial charge is 0.0503 e. The van der Waals surface area contributed by atoms with Gasteiger partial charge in [-0.3, -0.25) is 0 Å². The van der Waals surface area contributed by atoms with Crippen LogP contribution < -0.4 is 11.5 Å². The maximum absolute atomic E-state index is 5.72. The average molecular weight is 166 g/mol. The van der Waals surface area contributed by atoms with Crippen LogP contribution in [-0.4, -0.2) is 13.7 Å². The van der Waals surface area contributed by atoms with Gasteiger partial charge in [0, 0.05) is 18.5 Å². The maximum Gasteiger partial charge on any atom is 0.0503 e. The highest BCUT2D eigenvalue weighted by atomic mass is 16.5. The Morgan fingerprint density at radius 1 is 1.33 bits per heavy atom. The zero-order chi connectivity index (χ0) is 8.97. The molecule has 1 aromatic rings. The summed E-state index contributed by atoms with van der Waals surface area (Å²) in [7, 11) is 1.67. The summed E-state index contributed by atoms with van der Waals surface area (Å²) < 4.78 is 4.94. The highest BCUT2D eigenvalue weighted by molar-refractivity contribution is 5.55. The Labute approximate surface area is 72.3 Å². The zero-order valence-corrected chi connectivity index (χ0v) is 7.21. The Morgan fingerprint density at radius 3 is 2.75 bits per heavy atom. The summed E-state index contributed by atoms with van der Waals surface area (Å²) in [6.45, 7) is 0.674. The lowest BCUT2D eigenvalue weighted by atomic mass is 10.1. The van der Waals surface area contributed by atoms with Crippen LogP contribution in [0.25, 0.3) is 0 Å². The molecule has 4 N–H and O–H groups in total. The fraction of sp³-hybridized carbons (Fsp3) is 0.333. The highest BCUT2D eigenvalue weighted by Gasteiger charge is 1.98. The van der Waals surface area contributed by atoms with E-state index in [0.717, 1.165) is 23.4 Å². The lowest BCUT2D eigenvalue weighted by molar-refractivity contribution is 0.202. The van der Waals surface area contributed by atoms with Crippen molar-refractivity contribution >= 4 is 11.4 Å². The lowest BCUT2D eigenvalue weighted by Gasteiger charge is -2.05. The van der Waals surface area contributed by atoms with E-state index in [4.69, 9.17) is 16.2 Å². The van der Waals surface area contributed by atoms with Gasteiger partial charge in [-0.05, 0) is 30.2 Å². The molecule has 3 heteroatoms. The fourth-order valence-corrected chi connectivity index (χ4v) is 1.05. The van der Waals surface area contributed by atoms with Gasteiger partial charge in [-0.15, -0.1) is 0 Å². The van der Waals surface area contributed by atoms with Gasteiger partial charge in [0.2, 0.25) is 0 Å². The fourth-order valence-electron chi connectivity index (χ4n) is 1.05. The van der Waals surface area contributed by atoms with Crippen molar-refractivity contribution in [1.29, 1.82) is 0 Å². The molecule has 0 aliphatic rings. The van der Waals surface area contributed by atoms with E-state index in [1.54, 1.807) is 13.2 Å². The van der Waals surface area contributed by atoms with Gasteiger partial charge < -0.3 is 16.2 Å². The number of hydrogen-bond acceptors (Lipinski definition) is 3. The third-order valence-electron chi connectivity index (χ3n) is 1.74. The van der Waals surface area contributed by atoms with Crippen LogP contribution in [0.1, 0.15) is 5.56 Å². The molecule has 3 nitrogen and oxygen atoms in total. The summed E-state index contributed by atoms with van der Waals surface area (Å²) in [6.07, 6.45) is 0.813. The molecular weight excluding hydrogens is 152 g/mol. The molecule has 0 aliphatic heterocycles. The number of ether oxygens (including phenoxy) is 1. The molecule has 0 spiro atoms. The quantitative estimate of drug-likeness (QED) is 0.659. The zero-order valence-electron chi connectivity index (χ0n) is 7.21. The monoisotopic (exact) mass is 166 g/mol. The number of nitrogens with two attached hydrogens (primary N) is 2. The molecule has 0 saturated carbocycles. The van der Waals surface area contributed by atoms with E-state index < -0.39 is 0 Å². The molecule has 12 heavy (non-hydrogen) atoms. The molecule has 0 unspecified atom stereocenters. The first-order valence-electron chi connectivity index (χ1n) is 3.87. The summed E-state index contributed by atoms with van der Waals surface area (Å²) in [4.78, 5) is 0. The Bertz CT molecular complexity index is 261. The first-order chi connectivity index (χ1) is 5.74. The highest BCUT2D eigenvalue weighted by Crippen LogP contribution is 2.15. The van der Waals surface area contributed by atoms with Crippen molar-refractivity contribution in [2.24, 2.45) is 0 Å². The minimum atomic E-state index is 0.674. The topological polar surface area (TPSA) is 61.3 Å². The van der Waals surface area contributed by atoms with Crippen molar-refractivity contribution in [3.8, 4) is 0 Å². The number of hydrogen-bond donors (Lipinski definition) is 2. The summed E-state index contributed by atoms with van der Waals surface area (Å²) in [5.41, 5.74) is 13.9. The van der Waals surface area contributed by atoms with Crippen LogP contribution in [0.4, 0.5) is 11.4 Å². The van der Waals surface area contributed by atoms with E-state index in [-0.39, 0.29) is 0 Å². The van der Waals surface area contributed by atoms with Crippen LogP contribution in [0.3, 0.4) is 0 Å². The first kappa shape index (κ1) is 8.87. The summed E-state index contributed by atoms with van der Waals surface area (Å²) >= 11 is 0. The molecular formula is C9H14N2O. The molecule has 1 rings (SSSR count). The number of rotatable bonds is 3. The number of methoxy groups -OCH3 is 1. The van der Waals surface area contributed by atoms with Gasteiger partial charge in [0.25, 0.3) is 0 Å². The van der Waals surface area contributed by atoms with Gasteiger partial charge in [0.05, 0.1) is 6.61 Å². The first-order valence-corrected chi connectivity index (χ1v) is 3.87. The third kappa shape index (κ3) is 2.13. The second kappa shape index (κ2) is 3.97. The molecule has 0 heterocycles. The number of nitrogen functional groups attached to an aromatic ring is 2. The van der Waals surface area contributed by atoms with E-state index in [1.807, 2.05) is 12.1 Å². The normalized spacial score (nSPS) is 10.1. The second-order valence-electron chi connectivity index (χ2n) is 2.70. The minimum Gasteiger partial charge on any atom is -0.399 e. The molecule has 0 aliphatic carbocycles. The summed E-state index contributed by atoms with van der Waals surface area (Å²) in [6, 6.07) is 5.50. The van der Waals surface area contributed by atoms with E-state index in [9.17, 15) is 0 Å². The van der Waals surface area contributed by atoms with Crippen LogP contribution >= 0.6 is 0 Å². The Kier molecular flexibility index (Phi) is 2.94. The van der Waals surface area contributed by atoms with Crippen LogP contribution in [0, 0.1) is 0 Å². The van der Waals surface area contributed by atoms with Crippen molar-refractivity contribution in [2.75, 3.05) is 25.2 Å². The minimum absolute atomic E-state index is 0.674. The van der Waals surface area contributed by atoms with E-state index in [0.29, 0.717) is 6.61 Å². The van der Waals surface area contributed by atoms with Gasteiger partial charge in [0.15, 0.2) is 0 Å². The van der Waals surface area contributed by atoms with Crippen molar-refractivity contribution in [3.05, 3.63) is 23.8 Å². The Morgan fingerprint density at radius 2 is 2.08 bits per heavy atom. The molecule has 0 bridgehead atoms. The molecule has 0 atom stereocenters. The largest absolute Gasteiger partial charge is 0.399 e. The van der Waals surface area contributed by atoms with Crippen molar-refractivity contribution < 1.29 is 4.74 Å². The van der Waals surface area contributed by atoms with Crippen molar-refractivity contribution in [1.82, 2.24) is 0 Å². The molecule has 0 aromatic heterocycles. The van der Waals surface area contributed by atoms with E-state index in [2.05, 4.69) is 0 Å². The molecule has 0 radical (unpaired) electrons. The predicted octanol–water partition coefficient (Wildman–Crippen LogP) is 1.04. The standard InChI is InChI=1S/C9H14N2O/c1-12-5-4-7-6-8(10)2-3-9(7)11/h2-3,6H,4-5,10-11H2,1H3. The van der Waals surface area contributed by atoms with Crippen LogP contribution in [0.15, 0.2) is 18.2 Å². The third-order valence-corrected chi connectivity index (χ3v) is 1.74. The number of benzene rings is 1. The maximum atomic E-state index is 5.72. The van der Waals surface area contributed by atoms with E-state index >= 15 is 0 Å². The van der Waals surface area contributed by atoms with Crippen LogP contribution in [0.5, 0.6) is 0 Å². The van der Waals surface area contributed by atoms with Crippen LogP contribution in [-0.2, 0) is 11.2 Å². The second-order valence-corrected chi connectivity index (χ2v) is 2.70. The van der Waals surface area contributed by atoms with Crippen LogP contribution in [0.2, 0.25) is 0 Å². The average Bonchev–Trinajstić information content (AvgIpc) is 2.07. The molecule has 0 amide bonds. The molecule has 0 saturated heterocycles. The lowest BCUT2D eigenvalue weighted by Crippen LogP contribution is -2.00. The van der Waals surface area contributed by atoms with Crippen molar-refractivity contribution in [3.63, 3.8) is 0 Å². The van der Waals surface area contributed by atoms with E-state index in [1.165, 1.54) is 0 Å². The molecule has 0 fully saturated rings. The van der Waals surface area contributed by atoms with Gasteiger partial charge in [-0.25, -0.2) is 0 Å². The van der Waals surface area contributed by atoms with Gasteiger partial charge in [-0.1, -0.05) is 0 Å². The van der Waals surface area contributed by atoms with Gasteiger partial charge >= 0.3 is 0 Å². The predicted molar refractivity (Wildman–Crippen MR) is 50.8 cm³/mol. The summed E-state index contributed by atoms with van der Waals surface area (Å²) in [5, 5.41) is 0.